The van der Waals surface area contributed by atoms with Gasteiger partial charge in [-0.25, -0.2) is 0 Å². The number of rotatable bonds is 26. The number of hydrogen-bond acceptors (Lipinski definition) is 25. The molecule has 46 heteroatoms. The van der Waals surface area contributed by atoms with Crippen LogP contribution in [-0.2, 0) is 106 Å². The van der Waals surface area contributed by atoms with Crippen molar-refractivity contribution in [2.24, 2.45) is 17.2 Å². The second-order valence-electron chi connectivity index (χ2n) is 32.7. The van der Waals surface area contributed by atoms with Gasteiger partial charge in [-0.2, -0.15) is 4.68 Å². The number of phenolic OH excluding ortho intramolecular Hbond substituents is 1. The summed E-state index contributed by atoms with van der Waals surface area (Å²) in [5.41, 5.74) is 20.6. The number of para-hydroxylation sites is 2. The fourth-order valence-corrected chi connectivity index (χ4v) is 17.6. The van der Waals surface area contributed by atoms with Crippen LogP contribution in [0.4, 0.5) is 0 Å². The zero-order valence-electron chi connectivity index (χ0n) is 72.9. The minimum atomic E-state index is -2.05. The summed E-state index contributed by atoms with van der Waals surface area (Å²) in [6.45, 7) is 1.49. The molecule has 0 bridgehead atoms. The molecule has 10 rings (SSSR count). The largest absolute Gasteiger partial charge is 0.508 e. The van der Waals surface area contributed by atoms with Gasteiger partial charge in [0.2, 0.25) is 88.9 Å². The predicted molar refractivity (Wildman–Crippen MR) is 468 cm³/mol. The quantitative estimate of drug-likeness (QED) is 0.0261. The van der Waals surface area contributed by atoms with Gasteiger partial charge in [0, 0.05) is 106 Å². The molecule has 45 nitrogen and oxygen atoms in total. The van der Waals surface area contributed by atoms with E-state index < -0.39 is 248 Å². The second-order valence-corrected chi connectivity index (χ2v) is 33.8. The van der Waals surface area contributed by atoms with Crippen molar-refractivity contribution in [1.29, 1.82) is 0 Å². The highest BCUT2D eigenvalue weighted by Gasteiger charge is 2.51. The molecule has 0 radical (unpaired) electrons. The Hall–Kier alpha value is -13.7. The lowest BCUT2D eigenvalue weighted by Crippen LogP contribution is -2.61. The number of thioether (sulfide) groups is 1. The lowest BCUT2D eigenvalue weighted by molar-refractivity contribution is -0.149. The van der Waals surface area contributed by atoms with E-state index in [4.69, 9.17) is 17.2 Å². The molecule has 3 aromatic carbocycles. The minimum Gasteiger partial charge on any atom is -0.508 e. The first-order valence-electron chi connectivity index (χ1n) is 43.4. The number of likely N-dealkylation sites (N-methyl/N-ethyl adjacent to an activating group) is 2. The molecule has 7 heterocycles. The number of fused-ring (bicyclic) bond motifs is 7. The van der Waals surface area contributed by atoms with Crippen molar-refractivity contribution < 1.29 is 107 Å². The molecule has 21 N–H and O–H groups in total. The number of nitrogens with two attached hydrogens (primary N) is 3. The lowest BCUT2D eigenvalue weighted by Gasteiger charge is -2.36. The third-order valence-corrected chi connectivity index (χ3v) is 24.6. The highest BCUT2D eigenvalue weighted by molar-refractivity contribution is 8.00. The number of benzene rings is 3. The number of unbranched alkanes of at least 4 members (excludes halogenated alkanes) is 2. The number of nitrogens with zero attached hydrogens (tertiary/aromatic N) is 9. The molecule has 14 atom stereocenters. The van der Waals surface area contributed by atoms with Gasteiger partial charge in [0.25, 0.3) is 5.91 Å². The summed E-state index contributed by atoms with van der Waals surface area (Å²) in [6.07, 6.45) is -2.16. The molecular formula is C85H113N23O22S. The molecule has 15 amide bonds. The van der Waals surface area contributed by atoms with Crippen LogP contribution >= 0.6 is 11.8 Å². The van der Waals surface area contributed by atoms with Gasteiger partial charge in [-0.05, 0) is 116 Å². The van der Waals surface area contributed by atoms with Crippen molar-refractivity contribution in [2.75, 3.05) is 58.3 Å². The van der Waals surface area contributed by atoms with Crippen LogP contribution in [-0.4, -0.2) is 312 Å². The summed E-state index contributed by atoms with van der Waals surface area (Å²) < 4.78 is 0.920. The molecule has 0 aliphatic carbocycles. The molecule has 3 fully saturated rings. The van der Waals surface area contributed by atoms with Gasteiger partial charge in [-0.1, -0.05) is 88.1 Å². The van der Waals surface area contributed by atoms with Gasteiger partial charge in [-0.3, -0.25) is 86.3 Å². The van der Waals surface area contributed by atoms with E-state index in [-0.39, 0.29) is 102 Å². The Kier molecular flexibility index (Phi) is 35.4. The van der Waals surface area contributed by atoms with Crippen LogP contribution < -0.4 is 65.1 Å². The Morgan fingerprint density at radius 1 is 0.519 bits per heavy atom. The molecule has 131 heavy (non-hydrogen) atoms. The number of H-pyrrole nitrogens is 2. The standard InChI is InChI=1S/C85H113N23O22S/c1-5-7-19-61-77(123)93-53(27-29-68(112)113)73(119)99-60(72(118)91-42-66(88)110)43-131-44-67(111)107-65(35-45-23-25-48(109)26-24-45)71-100-101-102-108(71)81(107)80(126)97-58(38-70(116)117)84(129)106-34-14-22-63(106)79(125)98-59(39-87)76(122)94-55(28-30-69(114)115)83(128)105-33-13-21-62(105)78(124)95-56(36-46-40-89-51-17-11-9-15-49(46)51)75(121)92-54(31-32-86)74(120)96-57(37-47-41-90-52-18-12-10-16-50(47)52)82(127)104(4)64(20-8-6-2)85(130)103(61)3/h9-12,15-18,23-26,40-41,53-65,81,89-90,109H,5-8,13-14,19-22,27-39,42-44,86-87H2,1-4H3,(H2,88,110)(H,91,118)(H,92,121)(H,93,123)(H,94,122)(H,95,124)(H,96,120)(H,97,126)(H,98,125)(H,99,119)(H,112,113)(H,114,115)(H,116,117)/t53-,54-,55-,56-,57-,58-,59-,60-,61-,62-,63-,64-,65-,81+/m0/s1. The van der Waals surface area contributed by atoms with E-state index in [9.17, 15) is 63.6 Å². The third-order valence-electron chi connectivity index (χ3n) is 23.6. The maximum absolute atomic E-state index is 15.8. The number of primary amides is 1. The third kappa shape index (κ3) is 25.5. The van der Waals surface area contributed by atoms with E-state index in [1.165, 1.54) is 38.4 Å². The Morgan fingerprint density at radius 3 is 1.59 bits per heavy atom. The van der Waals surface area contributed by atoms with Gasteiger partial charge in [0.15, 0.2) is 5.82 Å². The smallest absolute Gasteiger partial charge is 0.305 e. The number of carboxylic acid groups (broad SMARTS) is 3. The average Bonchev–Trinajstić information content (AvgIpc) is 1.59. The number of aliphatic carboxylic acids is 3. The minimum absolute atomic E-state index is 0.0328. The number of hydrogen-bond donors (Lipinski definition) is 18. The summed E-state index contributed by atoms with van der Waals surface area (Å²) in [7, 11) is 2.63. The number of carbonyl (C=O) groups excluding carboxylic acids is 15. The van der Waals surface area contributed by atoms with Gasteiger partial charge < -0.3 is 120 Å². The first-order chi connectivity index (χ1) is 62.6. The van der Waals surface area contributed by atoms with Crippen molar-refractivity contribution in [1.82, 2.24) is 103 Å². The Bertz CT molecular complexity index is 5200. The maximum atomic E-state index is 15.8. The fraction of sp³-hybridized carbons (Fsp3) is 0.518. The number of aromatic nitrogens is 6. The van der Waals surface area contributed by atoms with Crippen molar-refractivity contribution in [3.8, 4) is 5.75 Å². The van der Waals surface area contributed by atoms with E-state index >= 15 is 43.2 Å². The SMILES string of the molecule is CCCC[C@H]1C(=O)N(C)[C@@H](CCCC)C(=O)N[C@@H](CCC(=O)O)C(=O)N[C@H](C(=O)NCC(N)=O)CSCC(=O)N2[C@@H](C(=O)N[C@@H](CC(=O)O)C(=O)N3CCC[C@H]3C(=O)N[C@@H](CN)C(=O)N[C@@H](CCC(=O)O)C(=O)N3CCC[C@H]3C(=O)N[C@@H](Cc3c[nH]c4ccccc34)C(=O)N[C@@H](CCN)C(=O)N[C@@H](Cc3c[nH]c4ccccc34)C(=O)N1C)n1nnnc1[C@@H]2Cc1ccc(O)cc1. The average molecular weight is 1840 g/mol. The number of aromatic hydroxyl groups is 1. The van der Waals surface area contributed by atoms with Crippen molar-refractivity contribution in [3.63, 3.8) is 0 Å². The summed E-state index contributed by atoms with van der Waals surface area (Å²) >= 11 is 0.654. The monoisotopic (exact) mass is 1840 g/mol. The molecule has 3 saturated heterocycles. The van der Waals surface area contributed by atoms with Crippen LogP contribution in [0.3, 0.4) is 0 Å². The van der Waals surface area contributed by atoms with Crippen LogP contribution in [0.25, 0.3) is 21.8 Å². The van der Waals surface area contributed by atoms with E-state index in [1.807, 2.05) is 6.92 Å². The first-order valence-corrected chi connectivity index (χ1v) is 44.5. The van der Waals surface area contributed by atoms with Gasteiger partial charge in [0.05, 0.1) is 18.7 Å². The molecule has 6 aromatic rings. The van der Waals surface area contributed by atoms with E-state index in [1.54, 1.807) is 67.8 Å². The number of amides is 15. The van der Waals surface area contributed by atoms with Crippen LogP contribution in [0, 0.1) is 0 Å². The summed E-state index contributed by atoms with van der Waals surface area (Å²) in [5.74, 6) is -21.4. The van der Waals surface area contributed by atoms with Gasteiger partial charge in [0.1, 0.15) is 84.3 Å². The van der Waals surface area contributed by atoms with Crippen molar-refractivity contribution >= 4 is 140 Å². The molecule has 3 aromatic heterocycles. The predicted octanol–water partition coefficient (Wildman–Crippen LogP) is -2.79. The molecule has 4 aliphatic rings. The molecule has 0 spiro atoms. The van der Waals surface area contributed by atoms with E-state index in [0.717, 1.165) is 29.2 Å². The van der Waals surface area contributed by atoms with Gasteiger partial charge in [-0.15, -0.1) is 16.9 Å². The van der Waals surface area contributed by atoms with Crippen molar-refractivity contribution in [2.45, 2.75) is 221 Å². The number of nitrogens with one attached hydrogen (secondary N) is 11. The Labute approximate surface area is 755 Å². The van der Waals surface area contributed by atoms with E-state index in [2.05, 4.69) is 73.3 Å². The summed E-state index contributed by atoms with van der Waals surface area (Å²) in [5, 5.41) is 77.0. The summed E-state index contributed by atoms with van der Waals surface area (Å²) in [4.78, 5) is 273. The first kappa shape index (κ1) is 99.5. The molecule has 4 aliphatic heterocycles. The van der Waals surface area contributed by atoms with Crippen LogP contribution in [0.5, 0.6) is 5.75 Å². The molecule has 0 saturated carbocycles. The number of carboxylic acids is 3. The van der Waals surface area contributed by atoms with Crippen LogP contribution in [0.15, 0.2) is 85.2 Å². The number of aromatic amines is 2. The molecule has 706 valence electrons. The van der Waals surface area contributed by atoms with Crippen LogP contribution in [0.1, 0.15) is 151 Å². The highest BCUT2D eigenvalue weighted by Crippen LogP contribution is 2.39. The van der Waals surface area contributed by atoms with E-state index in [0.29, 0.717) is 69.5 Å². The number of carbonyl (C=O) groups is 18. The van der Waals surface area contributed by atoms with Crippen LogP contribution in [0.2, 0.25) is 0 Å². The molecular weight excluding hydrogens is 1730 g/mol. The fourth-order valence-electron chi connectivity index (χ4n) is 16.7. The number of tetrazole rings is 1. The Balaban J connectivity index is 1.03. The zero-order valence-corrected chi connectivity index (χ0v) is 73.7. The Morgan fingerprint density at radius 2 is 1.02 bits per heavy atom. The van der Waals surface area contributed by atoms with Gasteiger partial charge >= 0.3 is 17.9 Å². The number of phenols is 1. The van der Waals surface area contributed by atoms with Crippen molar-refractivity contribution in [3.05, 3.63) is 108 Å². The molecule has 0 unspecified atom stereocenters. The highest BCUT2D eigenvalue weighted by atomic mass is 32.2. The normalized spacial score (nSPS) is 24.5. The summed E-state index contributed by atoms with van der Waals surface area (Å²) in [6, 6.07) is -1.25. The lowest BCUT2D eigenvalue weighted by atomic mass is 9.99. The second kappa shape index (κ2) is 46.6. The maximum Gasteiger partial charge on any atom is 0.305 e. The topological polar surface area (TPSA) is 666 Å². The zero-order chi connectivity index (χ0) is 95.0.